The average molecular weight is 207 g/mol. The normalized spacial score (nSPS) is 33.2. The Morgan fingerprint density at radius 2 is 1.87 bits per heavy atom. The second-order valence-corrected chi connectivity index (χ2v) is 6.75. The molecule has 0 aromatic carbocycles. The molecule has 15 heavy (non-hydrogen) atoms. The van der Waals surface area contributed by atoms with Crippen LogP contribution in [0.4, 0.5) is 0 Å². The predicted octanol–water partition coefficient (Wildman–Crippen LogP) is 3.34. The predicted molar refractivity (Wildman–Crippen MR) is 63.8 cm³/mol. The number of rotatable bonds is 5. The Labute approximate surface area is 94.0 Å². The fourth-order valence-electron chi connectivity index (χ4n) is 3.29. The lowest BCUT2D eigenvalue weighted by Crippen LogP contribution is -2.46. The SMILES string of the molecule is CC(NCC1(C2CC2)CCC1)C1(C)CC1. The average Bonchev–Trinajstić information content (AvgIpc) is 2.98. The molecule has 1 unspecified atom stereocenters. The smallest absolute Gasteiger partial charge is 0.00927 e. The summed E-state index contributed by atoms with van der Waals surface area (Å²) in [7, 11) is 0. The second kappa shape index (κ2) is 3.23. The van der Waals surface area contributed by atoms with E-state index >= 15 is 0 Å². The van der Waals surface area contributed by atoms with Gasteiger partial charge in [0.15, 0.2) is 0 Å². The molecule has 0 bridgehead atoms. The van der Waals surface area contributed by atoms with Gasteiger partial charge in [0, 0.05) is 12.6 Å². The van der Waals surface area contributed by atoms with Crippen LogP contribution < -0.4 is 5.32 Å². The van der Waals surface area contributed by atoms with E-state index in [4.69, 9.17) is 0 Å². The largest absolute Gasteiger partial charge is 0.313 e. The molecular weight excluding hydrogens is 182 g/mol. The maximum atomic E-state index is 3.85. The van der Waals surface area contributed by atoms with Crippen LogP contribution in [0.2, 0.25) is 0 Å². The van der Waals surface area contributed by atoms with Crippen molar-refractivity contribution >= 4 is 0 Å². The molecule has 1 atom stereocenters. The van der Waals surface area contributed by atoms with Crippen LogP contribution >= 0.6 is 0 Å². The Morgan fingerprint density at radius 3 is 2.27 bits per heavy atom. The fraction of sp³-hybridized carbons (Fsp3) is 1.00. The van der Waals surface area contributed by atoms with Crippen LogP contribution in [0.3, 0.4) is 0 Å². The molecule has 3 saturated carbocycles. The van der Waals surface area contributed by atoms with E-state index in [1.807, 2.05) is 0 Å². The summed E-state index contributed by atoms with van der Waals surface area (Å²) in [4.78, 5) is 0. The third kappa shape index (κ3) is 1.73. The Bertz CT molecular complexity index is 246. The Kier molecular flexibility index (Phi) is 2.18. The third-order valence-corrected chi connectivity index (χ3v) is 5.64. The van der Waals surface area contributed by atoms with Crippen LogP contribution in [0.15, 0.2) is 0 Å². The summed E-state index contributed by atoms with van der Waals surface area (Å²) in [5.74, 6) is 1.10. The van der Waals surface area contributed by atoms with Gasteiger partial charge in [0.05, 0.1) is 0 Å². The van der Waals surface area contributed by atoms with E-state index < -0.39 is 0 Å². The van der Waals surface area contributed by atoms with Crippen LogP contribution in [-0.2, 0) is 0 Å². The standard InChI is InChI=1S/C14H25N/c1-11(13(2)8-9-13)15-10-14(6-3-7-14)12-4-5-12/h11-12,15H,3-10H2,1-2H3. The zero-order valence-electron chi connectivity index (χ0n) is 10.3. The van der Waals surface area contributed by atoms with E-state index in [0.717, 1.165) is 17.4 Å². The van der Waals surface area contributed by atoms with Gasteiger partial charge in [-0.1, -0.05) is 13.3 Å². The van der Waals surface area contributed by atoms with Gasteiger partial charge in [-0.3, -0.25) is 0 Å². The molecule has 3 rings (SSSR count). The van der Waals surface area contributed by atoms with Gasteiger partial charge in [-0.25, -0.2) is 0 Å². The molecule has 1 nitrogen and oxygen atoms in total. The minimum absolute atomic E-state index is 0.647. The van der Waals surface area contributed by atoms with Crippen molar-refractivity contribution in [3.8, 4) is 0 Å². The van der Waals surface area contributed by atoms with Crippen LogP contribution in [0, 0.1) is 16.7 Å². The molecule has 0 aliphatic heterocycles. The van der Waals surface area contributed by atoms with Crippen molar-refractivity contribution in [3.63, 3.8) is 0 Å². The highest BCUT2D eigenvalue weighted by atomic mass is 15.0. The van der Waals surface area contributed by atoms with E-state index in [1.165, 1.54) is 51.5 Å². The monoisotopic (exact) mass is 207 g/mol. The Balaban J connectivity index is 1.52. The maximum Gasteiger partial charge on any atom is 0.00927 e. The first-order valence-corrected chi connectivity index (χ1v) is 6.88. The molecule has 0 heterocycles. The minimum Gasteiger partial charge on any atom is -0.313 e. The summed E-state index contributed by atoms with van der Waals surface area (Å²) >= 11 is 0. The maximum absolute atomic E-state index is 3.85. The molecule has 0 spiro atoms. The second-order valence-electron chi connectivity index (χ2n) is 6.75. The van der Waals surface area contributed by atoms with Crippen molar-refractivity contribution < 1.29 is 0 Å². The van der Waals surface area contributed by atoms with E-state index in [1.54, 1.807) is 0 Å². The summed E-state index contributed by atoms with van der Waals surface area (Å²) in [6.07, 6.45) is 10.4. The number of hydrogen-bond acceptors (Lipinski definition) is 1. The topological polar surface area (TPSA) is 12.0 Å². The summed E-state index contributed by atoms with van der Waals surface area (Å²) in [5, 5.41) is 3.85. The zero-order valence-corrected chi connectivity index (χ0v) is 10.3. The first kappa shape index (κ1) is 10.1. The van der Waals surface area contributed by atoms with Gasteiger partial charge in [0.25, 0.3) is 0 Å². The summed E-state index contributed by atoms with van der Waals surface area (Å²) in [6.45, 7) is 6.15. The number of nitrogens with one attached hydrogen (secondary N) is 1. The molecule has 0 amide bonds. The molecule has 3 fully saturated rings. The molecule has 0 radical (unpaired) electrons. The molecule has 0 aromatic rings. The van der Waals surface area contributed by atoms with E-state index in [9.17, 15) is 0 Å². The van der Waals surface area contributed by atoms with E-state index in [2.05, 4.69) is 19.2 Å². The van der Waals surface area contributed by atoms with Crippen LogP contribution in [0.25, 0.3) is 0 Å². The van der Waals surface area contributed by atoms with Gasteiger partial charge in [-0.05, 0) is 62.2 Å². The quantitative estimate of drug-likeness (QED) is 0.729. The van der Waals surface area contributed by atoms with Crippen molar-refractivity contribution in [2.75, 3.05) is 6.54 Å². The highest BCUT2D eigenvalue weighted by Gasteiger charge is 2.50. The van der Waals surface area contributed by atoms with Crippen molar-refractivity contribution in [3.05, 3.63) is 0 Å². The van der Waals surface area contributed by atoms with Crippen LogP contribution in [0.1, 0.15) is 58.8 Å². The molecule has 3 aliphatic carbocycles. The van der Waals surface area contributed by atoms with Gasteiger partial charge in [0.2, 0.25) is 0 Å². The molecular formula is C14H25N. The van der Waals surface area contributed by atoms with Gasteiger partial charge in [0.1, 0.15) is 0 Å². The van der Waals surface area contributed by atoms with Crippen molar-refractivity contribution in [2.45, 2.75) is 64.8 Å². The Morgan fingerprint density at radius 1 is 1.20 bits per heavy atom. The first-order chi connectivity index (χ1) is 7.15. The molecule has 1 N–H and O–H groups in total. The highest BCUT2D eigenvalue weighted by Crippen LogP contribution is 2.57. The minimum atomic E-state index is 0.647. The van der Waals surface area contributed by atoms with E-state index in [0.29, 0.717) is 5.41 Å². The van der Waals surface area contributed by atoms with Crippen molar-refractivity contribution in [1.29, 1.82) is 0 Å². The lowest BCUT2D eigenvalue weighted by molar-refractivity contribution is 0.0912. The lowest BCUT2D eigenvalue weighted by atomic mass is 9.65. The van der Waals surface area contributed by atoms with E-state index in [-0.39, 0.29) is 0 Å². The summed E-state index contributed by atoms with van der Waals surface area (Å²) in [6, 6.07) is 0.744. The van der Waals surface area contributed by atoms with Gasteiger partial charge >= 0.3 is 0 Å². The van der Waals surface area contributed by atoms with Gasteiger partial charge < -0.3 is 5.32 Å². The molecule has 3 aliphatic rings. The molecule has 86 valence electrons. The highest BCUT2D eigenvalue weighted by molar-refractivity contribution is 5.03. The van der Waals surface area contributed by atoms with Crippen LogP contribution in [-0.4, -0.2) is 12.6 Å². The zero-order chi connectivity index (χ0) is 10.5. The molecule has 0 aromatic heterocycles. The number of hydrogen-bond donors (Lipinski definition) is 1. The summed E-state index contributed by atoms with van der Waals surface area (Å²) in [5.41, 5.74) is 1.40. The fourth-order valence-corrected chi connectivity index (χ4v) is 3.29. The van der Waals surface area contributed by atoms with Gasteiger partial charge in [-0.2, -0.15) is 0 Å². The first-order valence-electron chi connectivity index (χ1n) is 6.88. The van der Waals surface area contributed by atoms with Crippen LogP contribution in [0.5, 0.6) is 0 Å². The molecule has 0 saturated heterocycles. The lowest BCUT2D eigenvalue weighted by Gasteiger charge is -2.44. The molecule has 1 heteroatoms. The van der Waals surface area contributed by atoms with Gasteiger partial charge in [-0.15, -0.1) is 0 Å². The van der Waals surface area contributed by atoms with Crippen molar-refractivity contribution in [2.24, 2.45) is 16.7 Å². The third-order valence-electron chi connectivity index (χ3n) is 5.64. The summed E-state index contributed by atoms with van der Waals surface area (Å²) < 4.78 is 0. The Hall–Kier alpha value is -0.0400. The van der Waals surface area contributed by atoms with Crippen molar-refractivity contribution in [1.82, 2.24) is 5.32 Å².